The van der Waals surface area contributed by atoms with Gasteiger partial charge in [0, 0.05) is 25.3 Å². The lowest BCUT2D eigenvalue weighted by Crippen LogP contribution is -2.40. The highest BCUT2D eigenvalue weighted by Gasteiger charge is 2.51. The van der Waals surface area contributed by atoms with Gasteiger partial charge in [0.2, 0.25) is 5.91 Å². The molecule has 26 heavy (non-hydrogen) atoms. The fourth-order valence-corrected chi connectivity index (χ4v) is 4.59. The predicted molar refractivity (Wildman–Crippen MR) is 96.7 cm³/mol. The van der Waals surface area contributed by atoms with Gasteiger partial charge in [0.1, 0.15) is 0 Å². The fraction of sp³-hybridized carbons (Fsp3) is 0.500. The summed E-state index contributed by atoms with van der Waals surface area (Å²) in [6.45, 7) is 3.50. The lowest BCUT2D eigenvalue weighted by Gasteiger charge is -2.31. The predicted octanol–water partition coefficient (Wildman–Crippen LogP) is 1.66. The van der Waals surface area contributed by atoms with Crippen LogP contribution in [0.3, 0.4) is 0 Å². The van der Waals surface area contributed by atoms with Crippen LogP contribution in [0.25, 0.3) is 0 Å². The van der Waals surface area contributed by atoms with Crippen LogP contribution in [-0.2, 0) is 20.9 Å². The van der Waals surface area contributed by atoms with Gasteiger partial charge in [-0.15, -0.1) is 0 Å². The van der Waals surface area contributed by atoms with Crippen molar-refractivity contribution in [3.63, 3.8) is 0 Å². The average Bonchev–Trinajstić information content (AvgIpc) is 3.28. The number of fused-ring (bicyclic) bond motifs is 2. The van der Waals surface area contributed by atoms with Crippen molar-refractivity contribution in [2.75, 3.05) is 31.2 Å². The summed E-state index contributed by atoms with van der Waals surface area (Å²) in [5.74, 6) is -2.02. The molecule has 1 saturated carbocycles. The van der Waals surface area contributed by atoms with Crippen molar-refractivity contribution in [3.8, 4) is 0 Å². The van der Waals surface area contributed by atoms with Crippen LogP contribution >= 0.6 is 0 Å². The maximum absolute atomic E-state index is 12.8. The second kappa shape index (κ2) is 7.11. The molecule has 4 rings (SSSR count). The number of allylic oxidation sites excluding steroid dienone is 2. The molecule has 2 bridgehead atoms. The molecule has 3 aliphatic rings. The number of carbonyl (C=O) groups excluding carboxylic acids is 1. The summed E-state index contributed by atoms with van der Waals surface area (Å²) in [5.41, 5.74) is 2.16. The summed E-state index contributed by atoms with van der Waals surface area (Å²) >= 11 is 0. The lowest BCUT2D eigenvalue weighted by molar-refractivity contribution is -0.147. The molecule has 138 valence electrons. The van der Waals surface area contributed by atoms with E-state index in [0.717, 1.165) is 30.8 Å². The summed E-state index contributed by atoms with van der Waals surface area (Å²) in [6.07, 6.45) is 4.75. The molecule has 2 fully saturated rings. The van der Waals surface area contributed by atoms with Crippen LogP contribution in [0.2, 0.25) is 0 Å². The molecule has 1 aliphatic heterocycles. The first kappa shape index (κ1) is 17.1. The Morgan fingerprint density at radius 1 is 1.12 bits per heavy atom. The van der Waals surface area contributed by atoms with E-state index < -0.39 is 17.8 Å². The summed E-state index contributed by atoms with van der Waals surface area (Å²) in [4.78, 5) is 26.6. The lowest BCUT2D eigenvalue weighted by atomic mass is 9.82. The molecule has 6 nitrogen and oxygen atoms in total. The van der Waals surface area contributed by atoms with Crippen LogP contribution < -0.4 is 10.2 Å². The number of rotatable bonds is 5. The van der Waals surface area contributed by atoms with Gasteiger partial charge in [-0.3, -0.25) is 9.59 Å². The van der Waals surface area contributed by atoms with E-state index in [9.17, 15) is 14.7 Å². The molecule has 1 saturated heterocycles. The number of carbonyl (C=O) groups is 2. The molecular weight excluding hydrogens is 332 g/mol. The molecule has 0 radical (unpaired) electrons. The number of hydrogen-bond donors (Lipinski definition) is 2. The molecule has 1 aromatic rings. The molecule has 1 aromatic carbocycles. The van der Waals surface area contributed by atoms with E-state index in [1.54, 1.807) is 0 Å². The summed E-state index contributed by atoms with van der Waals surface area (Å²) < 4.78 is 5.42. The molecule has 2 aliphatic carbocycles. The zero-order valence-corrected chi connectivity index (χ0v) is 14.6. The van der Waals surface area contributed by atoms with E-state index in [2.05, 4.69) is 16.3 Å². The van der Waals surface area contributed by atoms with Crippen molar-refractivity contribution in [2.45, 2.75) is 13.0 Å². The van der Waals surface area contributed by atoms with Gasteiger partial charge in [-0.2, -0.15) is 0 Å². The normalized spacial score (nSPS) is 29.8. The number of morpholine rings is 1. The third-order valence-corrected chi connectivity index (χ3v) is 5.84. The largest absolute Gasteiger partial charge is 0.481 e. The maximum Gasteiger partial charge on any atom is 0.307 e. The van der Waals surface area contributed by atoms with Crippen molar-refractivity contribution in [1.82, 2.24) is 5.32 Å². The van der Waals surface area contributed by atoms with E-state index in [1.165, 1.54) is 0 Å². The van der Waals surface area contributed by atoms with E-state index in [4.69, 9.17) is 4.74 Å². The number of hydrogen-bond acceptors (Lipinski definition) is 4. The fourth-order valence-electron chi connectivity index (χ4n) is 4.59. The molecule has 2 N–H and O–H groups in total. The van der Waals surface area contributed by atoms with E-state index in [1.807, 2.05) is 30.4 Å². The van der Waals surface area contributed by atoms with Crippen LogP contribution in [0.1, 0.15) is 12.0 Å². The first-order valence-corrected chi connectivity index (χ1v) is 9.24. The van der Waals surface area contributed by atoms with Gasteiger partial charge in [-0.25, -0.2) is 0 Å². The number of amides is 1. The molecule has 6 heteroatoms. The van der Waals surface area contributed by atoms with Crippen LogP contribution in [-0.4, -0.2) is 43.3 Å². The van der Waals surface area contributed by atoms with Crippen LogP contribution in [0.5, 0.6) is 0 Å². The van der Waals surface area contributed by atoms with Gasteiger partial charge in [0.05, 0.1) is 25.0 Å². The third-order valence-electron chi connectivity index (χ3n) is 5.84. The first-order chi connectivity index (χ1) is 12.6. The SMILES string of the molecule is O=C(O)C1C2C=CC(C2)C1C(=O)NCc1ccccc1N1CCOCC1. The van der Waals surface area contributed by atoms with E-state index >= 15 is 0 Å². The number of anilines is 1. The number of carboxylic acids is 1. The topological polar surface area (TPSA) is 78.9 Å². The van der Waals surface area contributed by atoms with Gasteiger partial charge in [0.15, 0.2) is 0 Å². The van der Waals surface area contributed by atoms with E-state index in [-0.39, 0.29) is 17.7 Å². The van der Waals surface area contributed by atoms with Crippen molar-refractivity contribution in [3.05, 3.63) is 42.0 Å². The molecule has 0 spiro atoms. The highest BCUT2D eigenvalue weighted by Crippen LogP contribution is 2.48. The molecular formula is C20H24N2O4. The number of nitrogens with zero attached hydrogens (tertiary/aromatic N) is 1. The minimum atomic E-state index is -0.865. The highest BCUT2D eigenvalue weighted by molar-refractivity contribution is 5.87. The Hall–Kier alpha value is -2.34. The van der Waals surface area contributed by atoms with Gasteiger partial charge < -0.3 is 20.1 Å². The van der Waals surface area contributed by atoms with Crippen LogP contribution in [0.4, 0.5) is 5.69 Å². The zero-order valence-electron chi connectivity index (χ0n) is 14.6. The van der Waals surface area contributed by atoms with E-state index in [0.29, 0.717) is 19.8 Å². The number of nitrogens with one attached hydrogen (secondary N) is 1. The molecule has 0 aromatic heterocycles. The van der Waals surface area contributed by atoms with Gasteiger partial charge in [0.25, 0.3) is 0 Å². The molecule has 1 heterocycles. The number of carboxylic acid groups (broad SMARTS) is 1. The van der Waals surface area contributed by atoms with Gasteiger partial charge in [-0.1, -0.05) is 30.4 Å². The smallest absolute Gasteiger partial charge is 0.307 e. The quantitative estimate of drug-likeness (QED) is 0.785. The second-order valence-electron chi connectivity index (χ2n) is 7.28. The third kappa shape index (κ3) is 3.09. The standard InChI is InChI=1S/C20H24N2O4/c23-19(17-13-5-6-14(11-13)18(17)20(24)25)21-12-15-3-1-2-4-16(15)22-7-9-26-10-8-22/h1-6,13-14,17-18H,7-12H2,(H,21,23)(H,24,25). The Bertz CT molecular complexity index is 726. The number of benzene rings is 1. The zero-order chi connectivity index (χ0) is 18.1. The Morgan fingerprint density at radius 2 is 1.81 bits per heavy atom. The van der Waals surface area contributed by atoms with Crippen molar-refractivity contribution in [1.29, 1.82) is 0 Å². The Balaban J connectivity index is 1.45. The minimum Gasteiger partial charge on any atom is -0.481 e. The van der Waals surface area contributed by atoms with Crippen molar-refractivity contribution >= 4 is 17.6 Å². The number of para-hydroxylation sites is 1. The van der Waals surface area contributed by atoms with Crippen molar-refractivity contribution < 1.29 is 19.4 Å². The Kier molecular flexibility index (Phi) is 4.68. The second-order valence-corrected chi connectivity index (χ2v) is 7.28. The Labute approximate surface area is 152 Å². The van der Waals surface area contributed by atoms with Crippen LogP contribution in [0.15, 0.2) is 36.4 Å². The monoisotopic (exact) mass is 356 g/mol. The van der Waals surface area contributed by atoms with Gasteiger partial charge in [-0.05, 0) is 29.9 Å². The van der Waals surface area contributed by atoms with Crippen LogP contribution in [0, 0.1) is 23.7 Å². The molecule has 4 atom stereocenters. The maximum atomic E-state index is 12.8. The minimum absolute atomic E-state index is 0.00566. The average molecular weight is 356 g/mol. The molecule has 1 amide bonds. The highest BCUT2D eigenvalue weighted by atomic mass is 16.5. The molecule has 4 unspecified atom stereocenters. The number of ether oxygens (including phenoxy) is 1. The Morgan fingerprint density at radius 3 is 2.54 bits per heavy atom. The van der Waals surface area contributed by atoms with Crippen molar-refractivity contribution in [2.24, 2.45) is 23.7 Å². The summed E-state index contributed by atoms with van der Waals surface area (Å²) in [7, 11) is 0. The summed E-state index contributed by atoms with van der Waals surface area (Å²) in [6, 6.07) is 8.04. The van der Waals surface area contributed by atoms with Gasteiger partial charge >= 0.3 is 5.97 Å². The number of aliphatic carboxylic acids is 1. The summed E-state index contributed by atoms with van der Waals surface area (Å²) in [5, 5.41) is 12.5. The first-order valence-electron chi connectivity index (χ1n) is 9.24.